The summed E-state index contributed by atoms with van der Waals surface area (Å²) in [4.78, 5) is 0. The molecule has 8 aromatic carbocycles. The maximum absolute atomic E-state index is 9.38. The Bertz CT molecular complexity index is 3470. The van der Waals surface area contributed by atoms with Crippen molar-refractivity contribution in [1.82, 2.24) is 9.13 Å². The van der Waals surface area contributed by atoms with Crippen molar-refractivity contribution in [3.8, 4) is 33.6 Å². The first-order valence-corrected chi connectivity index (χ1v) is 16.9. The fourth-order valence-corrected chi connectivity index (χ4v) is 7.70. The molecule has 3 aromatic heterocycles. The molecule has 0 spiro atoms. The molecule has 0 fully saturated rings. The third-order valence-electron chi connectivity index (χ3n) is 10.1. The van der Waals surface area contributed by atoms with Crippen molar-refractivity contribution in [2.24, 2.45) is 0 Å². The molecule has 0 bridgehead atoms. The molecule has 0 saturated heterocycles. The molecule has 0 saturated carbocycles. The van der Waals surface area contributed by atoms with Crippen LogP contribution in [-0.4, -0.2) is 9.13 Å². The van der Waals surface area contributed by atoms with E-state index in [2.05, 4.69) is 108 Å². The molecule has 0 aliphatic heterocycles. The van der Waals surface area contributed by atoms with Gasteiger partial charge in [-0.25, -0.2) is 0 Å². The van der Waals surface area contributed by atoms with Crippen molar-refractivity contribution >= 4 is 65.6 Å². The highest BCUT2D eigenvalue weighted by atomic mass is 16.3. The predicted molar refractivity (Wildman–Crippen MR) is 213 cm³/mol. The monoisotopic (exact) mass is 656 g/mol. The van der Waals surface area contributed by atoms with Gasteiger partial charge < -0.3 is 13.6 Å². The summed E-state index contributed by atoms with van der Waals surface area (Å²) in [5.41, 5.74) is 9.52. The lowest BCUT2D eigenvalue weighted by Gasteiger charge is -2.10. The summed E-state index contributed by atoms with van der Waals surface area (Å²) in [6.45, 7) is 0. The molecule has 238 valence electrons. The number of furan rings is 1. The van der Waals surface area contributed by atoms with Crippen LogP contribution in [0.3, 0.4) is 0 Å². The molecular formula is C48H30N2O. The minimum Gasteiger partial charge on any atom is -0.456 e. The highest BCUT2D eigenvalue weighted by molar-refractivity contribution is 6.13. The zero-order valence-electron chi connectivity index (χ0n) is 33.2. The predicted octanol–water partition coefficient (Wildman–Crippen LogP) is 13.1. The van der Waals surface area contributed by atoms with Crippen molar-refractivity contribution in [3.63, 3.8) is 0 Å². The Hall–Kier alpha value is -6.84. The van der Waals surface area contributed by atoms with Crippen LogP contribution < -0.4 is 0 Å². The first-order chi connectivity index (χ1) is 27.8. The summed E-state index contributed by atoms with van der Waals surface area (Å²) in [7, 11) is 0. The number of nitrogens with zero attached hydrogens (tertiary/aromatic N) is 2. The van der Waals surface area contributed by atoms with Crippen molar-refractivity contribution in [3.05, 3.63) is 182 Å². The minimum atomic E-state index is -0.213. The number of hydrogen-bond donors (Lipinski definition) is 0. The van der Waals surface area contributed by atoms with Crippen LogP contribution in [0.25, 0.3) is 99.2 Å². The van der Waals surface area contributed by atoms with Gasteiger partial charge in [-0.15, -0.1) is 0 Å². The number of aromatic nitrogens is 2. The molecular weight excluding hydrogens is 621 g/mol. The van der Waals surface area contributed by atoms with Crippen molar-refractivity contribution in [2.45, 2.75) is 0 Å². The number of rotatable bonds is 4. The van der Waals surface area contributed by atoms with Crippen LogP contribution >= 0.6 is 0 Å². The number of hydrogen-bond acceptors (Lipinski definition) is 1. The topological polar surface area (TPSA) is 23.0 Å². The molecule has 3 heterocycles. The van der Waals surface area contributed by atoms with Gasteiger partial charge in [-0.05, 0) is 88.9 Å². The Morgan fingerprint density at radius 1 is 0.373 bits per heavy atom. The summed E-state index contributed by atoms with van der Waals surface area (Å²) < 4.78 is 63.1. The maximum Gasteiger partial charge on any atom is 0.137 e. The van der Waals surface area contributed by atoms with Gasteiger partial charge in [0.2, 0.25) is 0 Å². The lowest BCUT2D eigenvalue weighted by molar-refractivity contribution is 0.668. The van der Waals surface area contributed by atoms with Gasteiger partial charge in [0.05, 0.1) is 30.3 Å². The Morgan fingerprint density at radius 2 is 0.922 bits per heavy atom. The molecule has 11 rings (SSSR count). The molecule has 3 heteroatoms. The van der Waals surface area contributed by atoms with Crippen LogP contribution in [0.5, 0.6) is 0 Å². The zero-order valence-corrected chi connectivity index (χ0v) is 27.2. The fraction of sp³-hybridized carbons (Fsp3) is 0. The Kier molecular flexibility index (Phi) is 4.83. The van der Waals surface area contributed by atoms with Crippen LogP contribution in [0, 0.1) is 0 Å². The van der Waals surface area contributed by atoms with Gasteiger partial charge in [0.1, 0.15) is 11.2 Å². The molecule has 0 radical (unpaired) electrons. The van der Waals surface area contributed by atoms with Crippen molar-refractivity contribution < 1.29 is 12.6 Å². The van der Waals surface area contributed by atoms with Gasteiger partial charge in [-0.1, -0.05) is 109 Å². The molecule has 0 atom stereocenters. The maximum atomic E-state index is 9.38. The van der Waals surface area contributed by atoms with Crippen LogP contribution in [-0.2, 0) is 0 Å². The second-order valence-electron chi connectivity index (χ2n) is 12.9. The van der Waals surface area contributed by atoms with E-state index >= 15 is 0 Å². The van der Waals surface area contributed by atoms with E-state index in [0.717, 1.165) is 60.4 Å². The average Bonchev–Trinajstić information content (AvgIpc) is 3.92. The SMILES string of the molecule is [2H]c1cc([2H])c2oc3c([2H])c(-n4c5ccccc5c5cc(-c6ccc7c(c6)c6ccccc6n7-c6ccc(-c7ccccc7)cc6)ccc54)c([2H])c([2H])c3c2c1[2H]. The van der Waals surface area contributed by atoms with E-state index in [9.17, 15) is 2.74 Å². The third kappa shape index (κ3) is 4.25. The molecule has 0 N–H and O–H groups in total. The zero-order chi connectivity index (χ0) is 38.7. The van der Waals surface area contributed by atoms with E-state index in [1.165, 1.54) is 17.2 Å². The van der Waals surface area contributed by atoms with E-state index in [1.54, 1.807) is 0 Å². The highest BCUT2D eigenvalue weighted by Crippen LogP contribution is 2.39. The summed E-state index contributed by atoms with van der Waals surface area (Å²) >= 11 is 0. The number of para-hydroxylation sites is 3. The van der Waals surface area contributed by atoms with Crippen LogP contribution in [0.4, 0.5) is 0 Å². The standard InChI is InChI=1S/C48H30N2O/c1-2-10-31(11-3-1)32-18-22-35(23-19-32)49-43-15-7-4-12-37(43)41-28-33(20-26-45(41)49)34-21-27-46-42(29-34)38-13-5-8-16-44(38)50(46)36-24-25-40-39-14-6-9-17-47(39)51-48(40)30-36/h1-30H/i6D,14D,17D,24D,25D,30D. The average molecular weight is 657 g/mol. The van der Waals surface area contributed by atoms with Crippen LogP contribution in [0.1, 0.15) is 8.22 Å². The lowest BCUT2D eigenvalue weighted by atomic mass is 10.0. The molecule has 11 aromatic rings. The summed E-state index contributed by atoms with van der Waals surface area (Å²) in [6.07, 6.45) is 0. The molecule has 0 aliphatic rings. The van der Waals surface area contributed by atoms with E-state index in [0.29, 0.717) is 0 Å². The van der Waals surface area contributed by atoms with Gasteiger partial charge in [-0.2, -0.15) is 0 Å². The summed E-state index contributed by atoms with van der Waals surface area (Å²) in [5.74, 6) is 0. The quantitative estimate of drug-likeness (QED) is 0.185. The Balaban J connectivity index is 1.08. The molecule has 3 nitrogen and oxygen atoms in total. The highest BCUT2D eigenvalue weighted by Gasteiger charge is 2.17. The van der Waals surface area contributed by atoms with Crippen molar-refractivity contribution in [1.29, 1.82) is 0 Å². The summed E-state index contributed by atoms with van der Waals surface area (Å²) in [5, 5.41) is 4.39. The largest absolute Gasteiger partial charge is 0.456 e. The molecule has 0 unspecified atom stereocenters. The molecule has 0 amide bonds. The summed E-state index contributed by atoms with van der Waals surface area (Å²) in [6, 6.07) is 48.5. The second-order valence-corrected chi connectivity index (χ2v) is 12.9. The van der Waals surface area contributed by atoms with E-state index in [1.807, 2.05) is 41.0 Å². The first-order valence-electron chi connectivity index (χ1n) is 19.9. The molecule has 51 heavy (non-hydrogen) atoms. The van der Waals surface area contributed by atoms with Gasteiger partial charge in [0.15, 0.2) is 0 Å². The van der Waals surface area contributed by atoms with E-state index in [4.69, 9.17) is 9.90 Å². The van der Waals surface area contributed by atoms with E-state index < -0.39 is 0 Å². The smallest absolute Gasteiger partial charge is 0.137 e. The number of fused-ring (bicyclic) bond motifs is 9. The van der Waals surface area contributed by atoms with Gasteiger partial charge >= 0.3 is 0 Å². The van der Waals surface area contributed by atoms with Crippen molar-refractivity contribution in [2.75, 3.05) is 0 Å². The first kappa shape index (κ1) is 22.7. The van der Waals surface area contributed by atoms with Gasteiger partial charge in [0, 0.05) is 49.7 Å². The van der Waals surface area contributed by atoms with Gasteiger partial charge in [-0.3, -0.25) is 0 Å². The minimum absolute atomic E-state index is 0.0238. The second kappa shape index (κ2) is 10.8. The van der Waals surface area contributed by atoms with Crippen LogP contribution in [0.2, 0.25) is 0 Å². The van der Waals surface area contributed by atoms with Crippen LogP contribution in [0.15, 0.2) is 186 Å². The normalized spacial score (nSPS) is 13.6. The third-order valence-corrected chi connectivity index (χ3v) is 10.1. The molecule has 0 aliphatic carbocycles. The number of benzene rings is 8. The Labute approximate surface area is 302 Å². The lowest BCUT2D eigenvalue weighted by Crippen LogP contribution is -1.94. The van der Waals surface area contributed by atoms with Gasteiger partial charge in [0.25, 0.3) is 0 Å². The van der Waals surface area contributed by atoms with E-state index in [-0.39, 0.29) is 63.9 Å². The fourth-order valence-electron chi connectivity index (χ4n) is 7.70. The Morgan fingerprint density at radius 3 is 1.61 bits per heavy atom.